The van der Waals surface area contributed by atoms with E-state index in [1.54, 1.807) is 6.26 Å². The molecule has 0 spiro atoms. The standard InChI is InChI=1S/C22H24N6O/c1-2-7-18(8-3-1)11-13-23-22(24-14-12-19-9-6-16-29-19)25-17-21-27-26-20-10-4-5-15-28(20)21/h1-10,15-16H,11-14,17H2,(H2,23,24,25). The van der Waals surface area contributed by atoms with E-state index in [9.17, 15) is 0 Å². The number of nitrogens with one attached hydrogen (secondary N) is 2. The largest absolute Gasteiger partial charge is 0.469 e. The second-order valence-corrected chi connectivity index (χ2v) is 6.63. The molecule has 4 rings (SSSR count). The Bertz CT molecular complexity index is 1040. The minimum absolute atomic E-state index is 0.437. The van der Waals surface area contributed by atoms with Gasteiger partial charge in [0.2, 0.25) is 0 Å². The van der Waals surface area contributed by atoms with Gasteiger partial charge in [0.15, 0.2) is 17.4 Å². The molecule has 0 unspecified atom stereocenters. The van der Waals surface area contributed by atoms with Crippen LogP contribution in [0.2, 0.25) is 0 Å². The first kappa shape index (κ1) is 18.7. The summed E-state index contributed by atoms with van der Waals surface area (Å²) in [4.78, 5) is 4.71. The molecule has 3 aromatic heterocycles. The van der Waals surface area contributed by atoms with Gasteiger partial charge in [-0.25, -0.2) is 4.99 Å². The van der Waals surface area contributed by atoms with Crippen molar-refractivity contribution in [2.75, 3.05) is 13.1 Å². The molecule has 2 N–H and O–H groups in total. The maximum absolute atomic E-state index is 5.40. The van der Waals surface area contributed by atoms with Crippen LogP contribution in [0.15, 0.2) is 82.5 Å². The summed E-state index contributed by atoms with van der Waals surface area (Å²) in [6.45, 7) is 1.95. The van der Waals surface area contributed by atoms with E-state index in [4.69, 9.17) is 9.41 Å². The van der Waals surface area contributed by atoms with E-state index in [1.807, 2.05) is 47.0 Å². The third-order valence-electron chi connectivity index (χ3n) is 4.56. The third kappa shape index (κ3) is 5.22. The summed E-state index contributed by atoms with van der Waals surface area (Å²) in [5.41, 5.74) is 2.11. The highest BCUT2D eigenvalue weighted by molar-refractivity contribution is 5.79. The lowest BCUT2D eigenvalue weighted by atomic mass is 10.1. The van der Waals surface area contributed by atoms with E-state index in [-0.39, 0.29) is 0 Å². The van der Waals surface area contributed by atoms with Crippen molar-refractivity contribution >= 4 is 11.6 Å². The molecular weight excluding hydrogens is 364 g/mol. The van der Waals surface area contributed by atoms with Crippen molar-refractivity contribution in [3.63, 3.8) is 0 Å². The number of pyridine rings is 1. The Kier molecular flexibility index (Phi) is 6.17. The highest BCUT2D eigenvalue weighted by atomic mass is 16.3. The van der Waals surface area contributed by atoms with E-state index >= 15 is 0 Å². The van der Waals surface area contributed by atoms with Crippen molar-refractivity contribution in [3.05, 3.63) is 90.3 Å². The lowest BCUT2D eigenvalue weighted by Gasteiger charge is -2.12. The number of aliphatic imine (C=N–C) groups is 1. The average Bonchev–Trinajstić information content (AvgIpc) is 3.42. The van der Waals surface area contributed by atoms with Crippen molar-refractivity contribution in [1.29, 1.82) is 0 Å². The minimum atomic E-state index is 0.437. The van der Waals surface area contributed by atoms with Crippen LogP contribution in [-0.4, -0.2) is 33.6 Å². The first-order chi connectivity index (χ1) is 14.4. The van der Waals surface area contributed by atoms with Crippen LogP contribution >= 0.6 is 0 Å². The molecule has 0 aliphatic heterocycles. The lowest BCUT2D eigenvalue weighted by molar-refractivity contribution is 0.506. The van der Waals surface area contributed by atoms with Gasteiger partial charge >= 0.3 is 0 Å². The summed E-state index contributed by atoms with van der Waals surface area (Å²) >= 11 is 0. The molecule has 4 aromatic rings. The van der Waals surface area contributed by atoms with Gasteiger partial charge in [0.25, 0.3) is 0 Å². The van der Waals surface area contributed by atoms with Gasteiger partial charge in [0.05, 0.1) is 6.26 Å². The Labute approximate surface area is 169 Å². The van der Waals surface area contributed by atoms with E-state index in [1.165, 1.54) is 5.56 Å². The molecule has 0 amide bonds. The third-order valence-corrected chi connectivity index (χ3v) is 4.56. The minimum Gasteiger partial charge on any atom is -0.469 e. The fourth-order valence-corrected chi connectivity index (χ4v) is 3.05. The monoisotopic (exact) mass is 388 g/mol. The molecule has 0 bridgehead atoms. The van der Waals surface area contributed by atoms with Crippen molar-refractivity contribution in [2.24, 2.45) is 4.99 Å². The van der Waals surface area contributed by atoms with Gasteiger partial charge in [-0.2, -0.15) is 0 Å². The van der Waals surface area contributed by atoms with Crippen LogP contribution in [0.3, 0.4) is 0 Å². The molecule has 0 radical (unpaired) electrons. The van der Waals surface area contributed by atoms with Crippen LogP contribution in [0, 0.1) is 0 Å². The topological polar surface area (TPSA) is 79.8 Å². The number of nitrogens with zero attached hydrogens (tertiary/aromatic N) is 4. The van der Waals surface area contributed by atoms with Crippen molar-refractivity contribution in [1.82, 2.24) is 25.2 Å². The van der Waals surface area contributed by atoms with E-state index in [0.717, 1.165) is 49.1 Å². The molecule has 7 heteroatoms. The van der Waals surface area contributed by atoms with E-state index < -0.39 is 0 Å². The van der Waals surface area contributed by atoms with Crippen LogP contribution in [-0.2, 0) is 19.4 Å². The van der Waals surface area contributed by atoms with Crippen LogP contribution in [0.5, 0.6) is 0 Å². The predicted molar refractivity (Wildman–Crippen MR) is 113 cm³/mol. The molecule has 0 saturated carbocycles. The first-order valence-corrected chi connectivity index (χ1v) is 9.75. The van der Waals surface area contributed by atoms with Gasteiger partial charge < -0.3 is 15.1 Å². The molecule has 29 heavy (non-hydrogen) atoms. The van der Waals surface area contributed by atoms with E-state index in [0.29, 0.717) is 6.54 Å². The maximum Gasteiger partial charge on any atom is 0.191 e. The van der Waals surface area contributed by atoms with Crippen LogP contribution < -0.4 is 10.6 Å². The number of benzene rings is 1. The summed E-state index contributed by atoms with van der Waals surface area (Å²) in [5.74, 6) is 2.50. The van der Waals surface area contributed by atoms with Gasteiger partial charge in [-0.1, -0.05) is 36.4 Å². The zero-order valence-electron chi connectivity index (χ0n) is 16.2. The summed E-state index contributed by atoms with van der Waals surface area (Å²) < 4.78 is 7.35. The normalized spacial score (nSPS) is 11.7. The Hall–Kier alpha value is -3.61. The summed E-state index contributed by atoms with van der Waals surface area (Å²) in [5, 5.41) is 15.2. The molecule has 0 aliphatic rings. The zero-order valence-corrected chi connectivity index (χ0v) is 16.2. The van der Waals surface area contributed by atoms with Gasteiger partial charge in [-0.3, -0.25) is 4.40 Å². The Morgan fingerprint density at radius 2 is 1.72 bits per heavy atom. The maximum atomic E-state index is 5.40. The van der Waals surface area contributed by atoms with Crippen molar-refractivity contribution in [2.45, 2.75) is 19.4 Å². The van der Waals surface area contributed by atoms with Gasteiger partial charge in [-0.05, 0) is 36.2 Å². The molecule has 0 saturated heterocycles. The number of guanidine groups is 1. The van der Waals surface area contributed by atoms with Crippen molar-refractivity contribution in [3.8, 4) is 0 Å². The fraction of sp³-hybridized carbons (Fsp3) is 0.227. The molecule has 3 heterocycles. The Balaban J connectivity index is 1.39. The summed E-state index contributed by atoms with van der Waals surface area (Å²) in [6, 6.07) is 20.1. The quantitative estimate of drug-likeness (QED) is 0.358. The number of hydrogen-bond donors (Lipinski definition) is 2. The number of aromatic nitrogens is 3. The molecule has 0 atom stereocenters. The van der Waals surface area contributed by atoms with Crippen molar-refractivity contribution < 1.29 is 4.42 Å². The fourth-order valence-electron chi connectivity index (χ4n) is 3.05. The number of rotatable bonds is 8. The Morgan fingerprint density at radius 3 is 2.55 bits per heavy atom. The summed E-state index contributed by atoms with van der Waals surface area (Å²) in [7, 11) is 0. The number of hydrogen-bond acceptors (Lipinski definition) is 4. The molecule has 1 aromatic carbocycles. The highest BCUT2D eigenvalue weighted by Crippen LogP contribution is 2.04. The van der Waals surface area contributed by atoms with E-state index in [2.05, 4.69) is 45.1 Å². The second kappa shape index (κ2) is 9.54. The molecular formula is C22H24N6O. The van der Waals surface area contributed by atoms with Gasteiger partial charge in [0.1, 0.15) is 12.3 Å². The summed E-state index contributed by atoms with van der Waals surface area (Å²) in [6.07, 6.45) is 5.36. The Morgan fingerprint density at radius 1 is 0.897 bits per heavy atom. The second-order valence-electron chi connectivity index (χ2n) is 6.63. The molecule has 0 aliphatic carbocycles. The molecule has 0 fully saturated rings. The van der Waals surface area contributed by atoms with Crippen LogP contribution in [0.1, 0.15) is 17.1 Å². The zero-order chi connectivity index (χ0) is 19.7. The number of fused-ring (bicyclic) bond motifs is 1. The predicted octanol–water partition coefficient (Wildman–Crippen LogP) is 2.84. The highest BCUT2D eigenvalue weighted by Gasteiger charge is 2.05. The van der Waals surface area contributed by atoms with Gasteiger partial charge in [0, 0.05) is 25.7 Å². The molecule has 7 nitrogen and oxygen atoms in total. The lowest BCUT2D eigenvalue weighted by Crippen LogP contribution is -2.39. The van der Waals surface area contributed by atoms with Crippen LogP contribution in [0.4, 0.5) is 0 Å². The smallest absolute Gasteiger partial charge is 0.191 e. The van der Waals surface area contributed by atoms with Gasteiger partial charge in [-0.15, -0.1) is 10.2 Å². The SMILES string of the molecule is c1ccc(CCNC(=NCc2nnc3ccccn23)NCCc2ccco2)cc1. The average molecular weight is 388 g/mol. The van der Waals surface area contributed by atoms with Crippen LogP contribution in [0.25, 0.3) is 5.65 Å². The molecule has 148 valence electrons. The first-order valence-electron chi connectivity index (χ1n) is 9.75. The number of furan rings is 1.